The van der Waals surface area contributed by atoms with Crippen molar-refractivity contribution in [2.75, 3.05) is 13.2 Å². The number of fused-ring (bicyclic) bond motifs is 1. The van der Waals surface area contributed by atoms with Crippen LogP contribution in [0.3, 0.4) is 0 Å². The van der Waals surface area contributed by atoms with Crippen LogP contribution in [0.4, 0.5) is 0 Å². The number of hydrogen-bond donors (Lipinski definition) is 1. The summed E-state index contributed by atoms with van der Waals surface area (Å²) in [6.07, 6.45) is 1.55. The highest BCUT2D eigenvalue weighted by atomic mass is 16.6. The molecule has 1 aliphatic heterocycles. The summed E-state index contributed by atoms with van der Waals surface area (Å²) < 4.78 is 11.0. The highest BCUT2D eigenvalue weighted by molar-refractivity contribution is 6.01. The smallest absolute Gasteiger partial charge is 0.262 e. The molecule has 2 aromatic rings. The van der Waals surface area contributed by atoms with Crippen LogP contribution in [0.1, 0.15) is 24.1 Å². The predicted octanol–water partition coefficient (Wildman–Crippen LogP) is 3.24. The van der Waals surface area contributed by atoms with Gasteiger partial charge in [0.15, 0.2) is 11.5 Å². The minimum atomic E-state index is -0.409. The molecule has 0 spiro atoms. The van der Waals surface area contributed by atoms with Crippen LogP contribution in [0.5, 0.6) is 11.5 Å². The number of carbonyl (C=O) groups is 1. The Kier molecular flexibility index (Phi) is 5.00. The quantitative estimate of drug-likeness (QED) is 0.688. The largest absolute Gasteiger partial charge is 0.486 e. The molecular formula is C20H18N2O3. The monoisotopic (exact) mass is 334 g/mol. The van der Waals surface area contributed by atoms with Crippen LogP contribution in [0.25, 0.3) is 6.08 Å². The maximum atomic E-state index is 12.4. The third-order valence-corrected chi connectivity index (χ3v) is 3.89. The molecule has 2 aromatic carbocycles. The fraction of sp³-hybridized carbons (Fsp3) is 0.200. The van der Waals surface area contributed by atoms with Crippen molar-refractivity contribution in [2.45, 2.75) is 13.0 Å². The summed E-state index contributed by atoms with van der Waals surface area (Å²) in [5.74, 6) is 0.883. The van der Waals surface area contributed by atoms with Crippen LogP contribution in [0.15, 0.2) is 54.1 Å². The first-order chi connectivity index (χ1) is 12.2. The molecule has 126 valence electrons. The molecule has 1 amide bonds. The molecule has 0 saturated carbocycles. The van der Waals surface area contributed by atoms with Crippen molar-refractivity contribution in [1.29, 1.82) is 5.26 Å². The van der Waals surface area contributed by atoms with Gasteiger partial charge in [-0.15, -0.1) is 0 Å². The Morgan fingerprint density at radius 1 is 1.16 bits per heavy atom. The topological polar surface area (TPSA) is 71.4 Å². The van der Waals surface area contributed by atoms with E-state index in [1.54, 1.807) is 24.3 Å². The maximum absolute atomic E-state index is 12.4. The van der Waals surface area contributed by atoms with Gasteiger partial charge in [-0.1, -0.05) is 36.4 Å². The Morgan fingerprint density at radius 2 is 1.88 bits per heavy atom. The van der Waals surface area contributed by atoms with E-state index in [9.17, 15) is 10.1 Å². The molecule has 0 unspecified atom stereocenters. The molecule has 0 fully saturated rings. The SMILES string of the molecule is C[C@H](NC(=O)/C(C#N)=C\c1ccc2c(c1)OCCO2)c1ccccc1. The van der Waals surface area contributed by atoms with Gasteiger partial charge in [-0.05, 0) is 36.3 Å². The van der Waals surface area contributed by atoms with Gasteiger partial charge >= 0.3 is 0 Å². The molecule has 25 heavy (non-hydrogen) atoms. The maximum Gasteiger partial charge on any atom is 0.262 e. The molecule has 0 aliphatic carbocycles. The molecule has 1 atom stereocenters. The van der Waals surface area contributed by atoms with Gasteiger partial charge < -0.3 is 14.8 Å². The van der Waals surface area contributed by atoms with E-state index >= 15 is 0 Å². The van der Waals surface area contributed by atoms with Crippen molar-refractivity contribution in [3.05, 3.63) is 65.2 Å². The van der Waals surface area contributed by atoms with E-state index in [2.05, 4.69) is 5.32 Å². The Hall–Kier alpha value is -3.26. The first-order valence-electron chi connectivity index (χ1n) is 8.04. The number of nitriles is 1. The fourth-order valence-corrected chi connectivity index (χ4v) is 2.56. The van der Waals surface area contributed by atoms with Crippen molar-refractivity contribution in [3.63, 3.8) is 0 Å². The summed E-state index contributed by atoms with van der Waals surface area (Å²) in [6.45, 7) is 2.89. The number of nitrogens with one attached hydrogen (secondary N) is 1. The molecule has 3 rings (SSSR count). The number of rotatable bonds is 4. The van der Waals surface area contributed by atoms with Gasteiger partial charge in [-0.25, -0.2) is 0 Å². The molecule has 5 heteroatoms. The molecule has 0 bridgehead atoms. The molecule has 1 N–H and O–H groups in total. The summed E-state index contributed by atoms with van der Waals surface area (Å²) in [6, 6.07) is 16.7. The molecular weight excluding hydrogens is 316 g/mol. The van der Waals surface area contributed by atoms with Crippen molar-refractivity contribution < 1.29 is 14.3 Å². The third kappa shape index (κ3) is 3.99. The summed E-state index contributed by atoms with van der Waals surface area (Å²) in [7, 11) is 0. The van der Waals surface area contributed by atoms with Crippen LogP contribution >= 0.6 is 0 Å². The van der Waals surface area contributed by atoms with Crippen LogP contribution in [0.2, 0.25) is 0 Å². The minimum absolute atomic E-state index is 0.0412. The second-order valence-corrected chi connectivity index (χ2v) is 5.68. The Bertz CT molecular complexity index is 838. The zero-order valence-corrected chi connectivity index (χ0v) is 13.9. The first kappa shape index (κ1) is 16.6. The number of ether oxygens (including phenoxy) is 2. The molecule has 5 nitrogen and oxygen atoms in total. The van der Waals surface area contributed by atoms with Crippen molar-refractivity contribution >= 4 is 12.0 Å². The standard InChI is InChI=1S/C20H18N2O3/c1-14(16-5-3-2-4-6-16)22-20(23)17(13-21)11-15-7-8-18-19(12-15)25-10-9-24-18/h2-8,11-12,14H,9-10H2,1H3,(H,22,23)/b17-11-/t14-/m0/s1. The minimum Gasteiger partial charge on any atom is -0.486 e. The second-order valence-electron chi connectivity index (χ2n) is 5.68. The highest BCUT2D eigenvalue weighted by Gasteiger charge is 2.15. The lowest BCUT2D eigenvalue weighted by Crippen LogP contribution is -2.27. The zero-order valence-electron chi connectivity index (χ0n) is 13.9. The van der Waals surface area contributed by atoms with Crippen LogP contribution < -0.4 is 14.8 Å². The lowest BCUT2D eigenvalue weighted by Gasteiger charge is -2.18. The van der Waals surface area contributed by atoms with Crippen molar-refractivity contribution in [2.24, 2.45) is 0 Å². The van der Waals surface area contributed by atoms with Gasteiger partial charge in [0.1, 0.15) is 24.9 Å². The summed E-state index contributed by atoms with van der Waals surface area (Å²) >= 11 is 0. The van der Waals surface area contributed by atoms with Gasteiger partial charge in [0.05, 0.1) is 6.04 Å². The van der Waals surface area contributed by atoms with E-state index in [-0.39, 0.29) is 11.6 Å². The number of hydrogen-bond acceptors (Lipinski definition) is 4. The fourth-order valence-electron chi connectivity index (χ4n) is 2.56. The van der Waals surface area contributed by atoms with Gasteiger partial charge in [-0.2, -0.15) is 5.26 Å². The normalized spacial score (nSPS) is 14.3. The Labute approximate surface area is 146 Å². The lowest BCUT2D eigenvalue weighted by molar-refractivity contribution is -0.117. The van der Waals surface area contributed by atoms with E-state index in [4.69, 9.17) is 9.47 Å². The van der Waals surface area contributed by atoms with Crippen molar-refractivity contribution in [3.8, 4) is 17.6 Å². The predicted molar refractivity (Wildman–Crippen MR) is 94.0 cm³/mol. The number of benzene rings is 2. The molecule has 1 heterocycles. The van der Waals surface area contributed by atoms with E-state index in [1.807, 2.05) is 43.3 Å². The number of carbonyl (C=O) groups excluding carboxylic acids is 1. The number of amides is 1. The Balaban J connectivity index is 1.76. The first-order valence-corrected chi connectivity index (χ1v) is 8.04. The Morgan fingerprint density at radius 3 is 2.60 bits per heavy atom. The van der Waals surface area contributed by atoms with Crippen LogP contribution in [-0.4, -0.2) is 19.1 Å². The molecule has 0 saturated heterocycles. The van der Waals surface area contributed by atoms with E-state index in [0.29, 0.717) is 30.3 Å². The summed E-state index contributed by atoms with van der Waals surface area (Å²) in [5, 5.41) is 12.2. The molecule has 1 aliphatic rings. The van der Waals surface area contributed by atoms with Gasteiger partial charge in [-0.3, -0.25) is 4.79 Å². The molecule has 0 aromatic heterocycles. The summed E-state index contributed by atoms with van der Waals surface area (Å²) in [5.41, 5.74) is 1.73. The van der Waals surface area contributed by atoms with Crippen LogP contribution in [0, 0.1) is 11.3 Å². The van der Waals surface area contributed by atoms with Crippen LogP contribution in [-0.2, 0) is 4.79 Å². The van der Waals surface area contributed by atoms with Gasteiger partial charge in [0, 0.05) is 0 Å². The van der Waals surface area contributed by atoms with E-state index in [0.717, 1.165) is 5.56 Å². The van der Waals surface area contributed by atoms with E-state index < -0.39 is 5.91 Å². The zero-order chi connectivity index (χ0) is 17.6. The summed E-state index contributed by atoms with van der Waals surface area (Å²) in [4.78, 5) is 12.4. The molecule has 0 radical (unpaired) electrons. The third-order valence-electron chi connectivity index (χ3n) is 3.89. The number of nitrogens with zero attached hydrogens (tertiary/aromatic N) is 1. The van der Waals surface area contributed by atoms with Gasteiger partial charge in [0.2, 0.25) is 0 Å². The highest BCUT2D eigenvalue weighted by Crippen LogP contribution is 2.31. The lowest BCUT2D eigenvalue weighted by atomic mass is 10.1. The van der Waals surface area contributed by atoms with Crippen molar-refractivity contribution in [1.82, 2.24) is 5.32 Å². The van der Waals surface area contributed by atoms with E-state index in [1.165, 1.54) is 0 Å². The average Bonchev–Trinajstić information content (AvgIpc) is 2.66. The van der Waals surface area contributed by atoms with Gasteiger partial charge in [0.25, 0.3) is 5.91 Å². The average molecular weight is 334 g/mol. The second kappa shape index (κ2) is 7.54.